The summed E-state index contributed by atoms with van der Waals surface area (Å²) >= 11 is 0. The Bertz CT molecular complexity index is 929. The van der Waals surface area contributed by atoms with Crippen LogP contribution in [0.3, 0.4) is 0 Å². The quantitative estimate of drug-likeness (QED) is 0.651. The number of fused-ring (bicyclic) bond motifs is 1. The number of ether oxygens (including phenoxy) is 2. The van der Waals surface area contributed by atoms with E-state index in [9.17, 15) is 9.90 Å². The van der Waals surface area contributed by atoms with Crippen LogP contribution in [0.4, 0.5) is 0 Å². The second kappa shape index (κ2) is 8.27. The molecule has 1 N–H and O–H groups in total. The molecule has 1 aromatic heterocycles. The molecule has 5 nitrogen and oxygen atoms in total. The van der Waals surface area contributed by atoms with Crippen molar-refractivity contribution in [1.82, 2.24) is 4.57 Å². The fraction of sp³-hybridized carbons (Fsp3) is 0.318. The predicted molar refractivity (Wildman–Crippen MR) is 105 cm³/mol. The second-order valence-electron chi connectivity index (χ2n) is 6.87. The monoisotopic (exact) mass is 367 g/mol. The van der Waals surface area contributed by atoms with Gasteiger partial charge in [-0.05, 0) is 43.2 Å². The molecular formula is C22H25NO4. The predicted octanol–water partition coefficient (Wildman–Crippen LogP) is 4.12. The molecule has 0 amide bonds. The number of benzene rings is 2. The number of methoxy groups -OCH3 is 1. The number of hydrogen-bond donors (Lipinski definition) is 1. The Morgan fingerprint density at radius 2 is 1.93 bits per heavy atom. The first-order chi connectivity index (χ1) is 13.0. The summed E-state index contributed by atoms with van der Waals surface area (Å²) in [4.78, 5) is 11.6. The molecule has 0 fully saturated rings. The van der Waals surface area contributed by atoms with Crippen molar-refractivity contribution in [1.29, 1.82) is 0 Å². The number of hydrogen-bond acceptors (Lipinski definition) is 3. The van der Waals surface area contributed by atoms with E-state index >= 15 is 0 Å². The van der Waals surface area contributed by atoms with Gasteiger partial charge in [-0.15, -0.1) is 0 Å². The number of aliphatic carboxylic acids is 1. The molecule has 0 saturated carbocycles. The van der Waals surface area contributed by atoms with E-state index in [-0.39, 0.29) is 6.10 Å². The highest BCUT2D eigenvalue weighted by atomic mass is 16.5. The SMILES string of the molecule is COc1cccc(Cn2cc(CC(OC(C)C)C(=O)O)c3ccccc32)c1. The molecule has 0 bridgehead atoms. The fourth-order valence-electron chi connectivity index (χ4n) is 3.31. The molecule has 0 aliphatic rings. The van der Waals surface area contributed by atoms with Crippen LogP contribution in [0.2, 0.25) is 0 Å². The van der Waals surface area contributed by atoms with E-state index in [1.54, 1.807) is 7.11 Å². The third kappa shape index (κ3) is 4.49. The van der Waals surface area contributed by atoms with Crippen LogP contribution in [0.25, 0.3) is 10.9 Å². The molecule has 5 heteroatoms. The van der Waals surface area contributed by atoms with Gasteiger partial charge in [0.1, 0.15) is 5.75 Å². The zero-order valence-corrected chi connectivity index (χ0v) is 15.9. The van der Waals surface area contributed by atoms with Crippen LogP contribution in [0.5, 0.6) is 5.75 Å². The average Bonchev–Trinajstić information content (AvgIpc) is 2.98. The van der Waals surface area contributed by atoms with Crippen LogP contribution in [-0.4, -0.2) is 35.0 Å². The summed E-state index contributed by atoms with van der Waals surface area (Å²) in [5.74, 6) is -0.117. The van der Waals surface area contributed by atoms with E-state index < -0.39 is 12.1 Å². The Balaban J connectivity index is 1.94. The number of carbonyl (C=O) groups is 1. The first-order valence-corrected chi connectivity index (χ1v) is 9.06. The summed E-state index contributed by atoms with van der Waals surface area (Å²) in [5, 5.41) is 10.6. The molecule has 142 valence electrons. The third-order valence-electron chi connectivity index (χ3n) is 4.48. The number of carboxylic acids is 1. The highest BCUT2D eigenvalue weighted by Crippen LogP contribution is 2.25. The van der Waals surface area contributed by atoms with Gasteiger partial charge in [-0.25, -0.2) is 4.79 Å². The van der Waals surface area contributed by atoms with Crippen LogP contribution < -0.4 is 4.74 Å². The largest absolute Gasteiger partial charge is 0.497 e. The molecular weight excluding hydrogens is 342 g/mol. The molecule has 1 atom stereocenters. The zero-order valence-electron chi connectivity index (χ0n) is 15.9. The summed E-state index contributed by atoms with van der Waals surface area (Å²) < 4.78 is 13.1. The van der Waals surface area contributed by atoms with E-state index in [2.05, 4.69) is 16.7 Å². The van der Waals surface area contributed by atoms with Gasteiger partial charge in [-0.1, -0.05) is 30.3 Å². The van der Waals surface area contributed by atoms with E-state index in [1.807, 2.05) is 56.4 Å². The summed E-state index contributed by atoms with van der Waals surface area (Å²) in [6.45, 7) is 4.38. The van der Waals surface area contributed by atoms with Crippen molar-refractivity contribution >= 4 is 16.9 Å². The van der Waals surface area contributed by atoms with Crippen molar-refractivity contribution in [2.45, 2.75) is 39.0 Å². The lowest BCUT2D eigenvalue weighted by molar-refractivity contribution is -0.153. The van der Waals surface area contributed by atoms with Crippen LogP contribution in [0.1, 0.15) is 25.0 Å². The van der Waals surface area contributed by atoms with E-state index in [4.69, 9.17) is 9.47 Å². The molecule has 0 radical (unpaired) electrons. The van der Waals surface area contributed by atoms with Gasteiger partial charge in [-0.3, -0.25) is 0 Å². The Morgan fingerprint density at radius 1 is 1.15 bits per heavy atom. The van der Waals surface area contributed by atoms with E-state index in [0.29, 0.717) is 13.0 Å². The molecule has 0 saturated heterocycles. The van der Waals surface area contributed by atoms with Gasteiger partial charge in [0, 0.05) is 30.1 Å². The molecule has 1 heterocycles. The third-order valence-corrected chi connectivity index (χ3v) is 4.48. The lowest BCUT2D eigenvalue weighted by atomic mass is 10.1. The van der Waals surface area contributed by atoms with Crippen molar-refractivity contribution in [3.63, 3.8) is 0 Å². The molecule has 0 aliphatic carbocycles. The first-order valence-electron chi connectivity index (χ1n) is 9.06. The Hall–Kier alpha value is -2.79. The molecule has 1 unspecified atom stereocenters. The maximum atomic E-state index is 11.6. The Kier molecular flexibility index (Phi) is 5.81. The summed E-state index contributed by atoms with van der Waals surface area (Å²) in [7, 11) is 1.66. The zero-order chi connectivity index (χ0) is 19.4. The van der Waals surface area contributed by atoms with Crippen molar-refractivity contribution < 1.29 is 19.4 Å². The lowest BCUT2D eigenvalue weighted by Crippen LogP contribution is -2.29. The van der Waals surface area contributed by atoms with Crippen molar-refractivity contribution in [2.24, 2.45) is 0 Å². The van der Waals surface area contributed by atoms with E-state index in [1.165, 1.54) is 0 Å². The minimum atomic E-state index is -0.937. The minimum absolute atomic E-state index is 0.142. The van der Waals surface area contributed by atoms with E-state index in [0.717, 1.165) is 27.8 Å². The number of rotatable bonds is 8. The molecule has 0 spiro atoms. The highest BCUT2D eigenvalue weighted by Gasteiger charge is 2.22. The summed E-state index contributed by atoms with van der Waals surface area (Å²) in [6.07, 6.45) is 1.36. The van der Waals surface area contributed by atoms with Crippen molar-refractivity contribution in [3.8, 4) is 5.75 Å². The number of nitrogens with zero attached hydrogens (tertiary/aromatic N) is 1. The van der Waals surface area contributed by atoms with Crippen LogP contribution in [-0.2, 0) is 22.5 Å². The molecule has 3 rings (SSSR count). The average molecular weight is 367 g/mol. The van der Waals surface area contributed by atoms with Gasteiger partial charge < -0.3 is 19.1 Å². The summed E-state index contributed by atoms with van der Waals surface area (Å²) in [5.41, 5.74) is 3.17. The van der Waals surface area contributed by atoms with Gasteiger partial charge >= 0.3 is 5.97 Å². The van der Waals surface area contributed by atoms with Gasteiger partial charge in [-0.2, -0.15) is 0 Å². The number of para-hydroxylation sites is 1. The van der Waals surface area contributed by atoms with Crippen LogP contribution >= 0.6 is 0 Å². The first kappa shape index (κ1) is 19.0. The highest BCUT2D eigenvalue weighted by molar-refractivity contribution is 5.85. The van der Waals surface area contributed by atoms with Crippen LogP contribution in [0.15, 0.2) is 54.7 Å². The number of aromatic nitrogens is 1. The molecule has 27 heavy (non-hydrogen) atoms. The number of carboxylic acid groups (broad SMARTS) is 1. The topological polar surface area (TPSA) is 60.7 Å². The maximum Gasteiger partial charge on any atom is 0.333 e. The standard InChI is InChI=1S/C22H25NO4/c1-15(2)27-21(22(24)25)12-17-14-23(20-10-5-4-9-19(17)20)13-16-7-6-8-18(11-16)26-3/h4-11,14-15,21H,12-13H2,1-3H3,(H,24,25). The fourth-order valence-corrected chi connectivity index (χ4v) is 3.31. The maximum absolute atomic E-state index is 11.6. The van der Waals surface area contributed by atoms with Crippen molar-refractivity contribution in [2.75, 3.05) is 7.11 Å². The second-order valence-corrected chi connectivity index (χ2v) is 6.87. The Morgan fingerprint density at radius 3 is 2.63 bits per heavy atom. The smallest absolute Gasteiger partial charge is 0.333 e. The Labute approximate surface area is 159 Å². The molecule has 3 aromatic rings. The normalized spacial score (nSPS) is 12.4. The van der Waals surface area contributed by atoms with Gasteiger partial charge in [0.05, 0.1) is 13.2 Å². The minimum Gasteiger partial charge on any atom is -0.497 e. The van der Waals surface area contributed by atoms with Crippen LogP contribution in [0, 0.1) is 0 Å². The van der Waals surface area contributed by atoms with Gasteiger partial charge in [0.2, 0.25) is 0 Å². The lowest BCUT2D eigenvalue weighted by Gasteiger charge is -2.16. The van der Waals surface area contributed by atoms with Gasteiger partial charge in [0.25, 0.3) is 0 Å². The van der Waals surface area contributed by atoms with Gasteiger partial charge in [0.15, 0.2) is 6.10 Å². The molecule has 0 aliphatic heterocycles. The summed E-state index contributed by atoms with van der Waals surface area (Å²) in [6, 6.07) is 16.0. The van der Waals surface area contributed by atoms with Crippen molar-refractivity contribution in [3.05, 3.63) is 65.9 Å². The molecule has 2 aromatic carbocycles.